The molecule has 1 aromatic rings. The van der Waals surface area contributed by atoms with Crippen molar-refractivity contribution in [3.05, 3.63) is 35.4 Å². The molecule has 0 amide bonds. The van der Waals surface area contributed by atoms with E-state index >= 15 is 0 Å². The van der Waals surface area contributed by atoms with Gasteiger partial charge in [0.2, 0.25) is 0 Å². The summed E-state index contributed by atoms with van der Waals surface area (Å²) in [6.07, 6.45) is -4.14. The Bertz CT molecular complexity index is 443. The molecule has 0 saturated heterocycles. The van der Waals surface area contributed by atoms with Crippen molar-refractivity contribution in [2.45, 2.75) is 18.7 Å². The summed E-state index contributed by atoms with van der Waals surface area (Å²) in [4.78, 5) is 4.98. The van der Waals surface area contributed by atoms with Gasteiger partial charge in [-0.05, 0) is 12.1 Å². The Morgan fingerprint density at radius 2 is 2.18 bits per heavy atom. The lowest BCUT2D eigenvalue weighted by Gasteiger charge is -2.08. The highest BCUT2D eigenvalue weighted by Gasteiger charge is 2.31. The van der Waals surface area contributed by atoms with Crippen LogP contribution in [0.15, 0.2) is 29.4 Å². The molecule has 1 aromatic carbocycles. The lowest BCUT2D eigenvalue weighted by atomic mass is 10.0. The van der Waals surface area contributed by atoms with Crippen LogP contribution in [0.4, 0.5) is 13.2 Å². The Kier molecular flexibility index (Phi) is 3.06. The number of rotatable bonds is 2. The Labute approximate surface area is 96.0 Å². The number of alkyl halides is 3. The van der Waals surface area contributed by atoms with Crippen LogP contribution in [0.2, 0.25) is 0 Å². The third kappa shape index (κ3) is 2.58. The average Bonchev–Trinajstić information content (AvgIpc) is 2.76. The Balaban J connectivity index is 2.23. The number of oxime groups is 1. The highest BCUT2D eigenvalue weighted by molar-refractivity contribution is 6.01. The van der Waals surface area contributed by atoms with Crippen LogP contribution in [0.3, 0.4) is 0 Å². The van der Waals surface area contributed by atoms with E-state index in [1.165, 1.54) is 6.07 Å². The van der Waals surface area contributed by atoms with Crippen LogP contribution in [0.5, 0.6) is 0 Å². The summed E-state index contributed by atoms with van der Waals surface area (Å²) in [5.41, 5.74) is 5.64. The van der Waals surface area contributed by atoms with Gasteiger partial charge in [0.15, 0.2) is 0 Å². The highest BCUT2D eigenvalue weighted by atomic mass is 19.4. The van der Waals surface area contributed by atoms with Gasteiger partial charge in [-0.25, -0.2) is 0 Å². The standard InChI is InChI=1S/C11H11F3N2O/c12-11(13,14)8-3-1-2-7(4-8)10-5-9(6-15)17-16-10/h1-4,9H,5-6,15H2. The summed E-state index contributed by atoms with van der Waals surface area (Å²) in [5, 5.41) is 3.75. The van der Waals surface area contributed by atoms with Gasteiger partial charge in [0.25, 0.3) is 0 Å². The number of halogens is 3. The first-order valence-electron chi connectivity index (χ1n) is 5.11. The number of nitrogens with zero attached hydrogens (tertiary/aromatic N) is 1. The molecule has 0 bridgehead atoms. The van der Waals surface area contributed by atoms with E-state index in [-0.39, 0.29) is 6.10 Å². The van der Waals surface area contributed by atoms with Crippen molar-refractivity contribution in [3.8, 4) is 0 Å². The lowest BCUT2D eigenvalue weighted by Crippen LogP contribution is -2.20. The molecule has 2 N–H and O–H groups in total. The van der Waals surface area contributed by atoms with E-state index in [2.05, 4.69) is 5.16 Å². The van der Waals surface area contributed by atoms with E-state index < -0.39 is 11.7 Å². The highest BCUT2D eigenvalue weighted by Crippen LogP contribution is 2.30. The van der Waals surface area contributed by atoms with Gasteiger partial charge in [-0.2, -0.15) is 13.2 Å². The summed E-state index contributed by atoms with van der Waals surface area (Å²) < 4.78 is 37.5. The fraction of sp³-hybridized carbons (Fsp3) is 0.364. The van der Waals surface area contributed by atoms with Crippen molar-refractivity contribution in [1.82, 2.24) is 0 Å². The molecule has 1 unspecified atom stereocenters. The van der Waals surface area contributed by atoms with Gasteiger partial charge < -0.3 is 10.6 Å². The zero-order valence-electron chi connectivity index (χ0n) is 8.87. The number of nitrogens with two attached hydrogens (primary N) is 1. The maximum atomic E-state index is 12.5. The van der Waals surface area contributed by atoms with Gasteiger partial charge in [-0.1, -0.05) is 17.3 Å². The minimum atomic E-state index is -4.34. The molecule has 0 aromatic heterocycles. The molecule has 92 valence electrons. The van der Waals surface area contributed by atoms with Gasteiger partial charge in [-0.15, -0.1) is 0 Å². The second kappa shape index (κ2) is 4.37. The van der Waals surface area contributed by atoms with Crippen LogP contribution in [-0.2, 0) is 11.0 Å². The fourth-order valence-corrected chi connectivity index (χ4v) is 1.60. The zero-order valence-corrected chi connectivity index (χ0v) is 8.87. The van der Waals surface area contributed by atoms with Gasteiger partial charge >= 0.3 is 6.18 Å². The van der Waals surface area contributed by atoms with E-state index in [4.69, 9.17) is 10.6 Å². The molecular formula is C11H11F3N2O. The zero-order chi connectivity index (χ0) is 12.5. The summed E-state index contributed by atoms with van der Waals surface area (Å²) in [6.45, 7) is 0.298. The summed E-state index contributed by atoms with van der Waals surface area (Å²) in [6, 6.07) is 5.04. The second-order valence-corrected chi connectivity index (χ2v) is 3.78. The van der Waals surface area contributed by atoms with Gasteiger partial charge in [0.05, 0.1) is 11.3 Å². The van der Waals surface area contributed by atoms with Crippen molar-refractivity contribution in [2.24, 2.45) is 10.9 Å². The van der Waals surface area contributed by atoms with Crippen LogP contribution in [0, 0.1) is 0 Å². The molecule has 0 spiro atoms. The van der Waals surface area contributed by atoms with Crippen molar-refractivity contribution < 1.29 is 18.0 Å². The summed E-state index contributed by atoms with van der Waals surface area (Å²) in [5.74, 6) is 0. The first kappa shape index (κ1) is 11.9. The predicted molar refractivity (Wildman–Crippen MR) is 56.5 cm³/mol. The molecule has 3 nitrogen and oxygen atoms in total. The Hall–Kier alpha value is -1.56. The average molecular weight is 244 g/mol. The number of hydrogen-bond donors (Lipinski definition) is 1. The summed E-state index contributed by atoms with van der Waals surface area (Å²) >= 11 is 0. The first-order valence-corrected chi connectivity index (χ1v) is 5.11. The van der Waals surface area contributed by atoms with Crippen LogP contribution in [-0.4, -0.2) is 18.4 Å². The quantitative estimate of drug-likeness (QED) is 0.866. The topological polar surface area (TPSA) is 47.6 Å². The number of benzene rings is 1. The Morgan fingerprint density at radius 3 is 2.76 bits per heavy atom. The van der Waals surface area contributed by atoms with E-state index in [1.54, 1.807) is 6.07 Å². The maximum Gasteiger partial charge on any atom is 0.416 e. The molecule has 0 fully saturated rings. The monoisotopic (exact) mass is 244 g/mol. The molecule has 2 rings (SSSR count). The molecule has 0 saturated carbocycles. The molecule has 17 heavy (non-hydrogen) atoms. The SMILES string of the molecule is NCC1CC(c2cccc(C(F)(F)F)c2)=NO1. The molecular weight excluding hydrogens is 233 g/mol. The maximum absolute atomic E-state index is 12.5. The normalized spacial score (nSPS) is 20.0. The van der Waals surface area contributed by atoms with Gasteiger partial charge in [0, 0.05) is 18.5 Å². The van der Waals surface area contributed by atoms with E-state index in [0.717, 1.165) is 12.1 Å². The van der Waals surface area contributed by atoms with Crippen molar-refractivity contribution in [3.63, 3.8) is 0 Å². The van der Waals surface area contributed by atoms with Crippen LogP contribution >= 0.6 is 0 Å². The second-order valence-electron chi connectivity index (χ2n) is 3.78. The summed E-state index contributed by atoms with van der Waals surface area (Å²) in [7, 11) is 0. The third-order valence-electron chi connectivity index (χ3n) is 2.52. The number of hydrogen-bond acceptors (Lipinski definition) is 3. The molecule has 0 radical (unpaired) electrons. The Morgan fingerprint density at radius 1 is 1.41 bits per heavy atom. The smallest absolute Gasteiger partial charge is 0.390 e. The van der Waals surface area contributed by atoms with Crippen molar-refractivity contribution >= 4 is 5.71 Å². The molecule has 1 atom stereocenters. The van der Waals surface area contributed by atoms with Gasteiger partial charge in [-0.3, -0.25) is 0 Å². The van der Waals surface area contributed by atoms with E-state index in [1.807, 2.05) is 0 Å². The van der Waals surface area contributed by atoms with Crippen molar-refractivity contribution in [2.75, 3.05) is 6.54 Å². The van der Waals surface area contributed by atoms with Crippen LogP contribution in [0.25, 0.3) is 0 Å². The lowest BCUT2D eigenvalue weighted by molar-refractivity contribution is -0.137. The molecule has 1 aliphatic rings. The largest absolute Gasteiger partial charge is 0.416 e. The van der Waals surface area contributed by atoms with Crippen LogP contribution in [0.1, 0.15) is 17.5 Å². The van der Waals surface area contributed by atoms with Crippen molar-refractivity contribution in [1.29, 1.82) is 0 Å². The molecule has 1 aliphatic heterocycles. The van der Waals surface area contributed by atoms with Crippen LogP contribution < -0.4 is 5.73 Å². The first-order chi connectivity index (χ1) is 8.00. The minimum Gasteiger partial charge on any atom is -0.390 e. The minimum absolute atomic E-state index is 0.237. The third-order valence-corrected chi connectivity index (χ3v) is 2.52. The fourth-order valence-electron chi connectivity index (χ4n) is 1.60. The van der Waals surface area contributed by atoms with Gasteiger partial charge in [0.1, 0.15) is 6.10 Å². The van der Waals surface area contributed by atoms with E-state index in [0.29, 0.717) is 24.2 Å². The molecule has 0 aliphatic carbocycles. The predicted octanol–water partition coefficient (Wildman–Crippen LogP) is 2.16. The van der Waals surface area contributed by atoms with E-state index in [9.17, 15) is 13.2 Å². The molecule has 6 heteroatoms. The molecule has 1 heterocycles.